The number of rotatable bonds is 5. The molecule has 0 amide bonds. The monoisotopic (exact) mass is 281 g/mol. The van der Waals surface area contributed by atoms with Crippen molar-refractivity contribution >= 4 is 10.9 Å². The third-order valence-electron chi connectivity index (χ3n) is 3.61. The molecule has 0 radical (unpaired) electrons. The lowest BCUT2D eigenvalue weighted by molar-refractivity contribution is 0.282. The van der Waals surface area contributed by atoms with Crippen LogP contribution in [0.25, 0.3) is 10.9 Å². The largest absolute Gasteiger partial charge is 0.494 e. The highest BCUT2D eigenvalue weighted by Gasteiger charge is 2.04. The highest BCUT2D eigenvalue weighted by molar-refractivity contribution is 5.81. The van der Waals surface area contributed by atoms with E-state index < -0.39 is 0 Å². The van der Waals surface area contributed by atoms with Crippen molar-refractivity contribution in [3.8, 4) is 5.75 Å². The van der Waals surface area contributed by atoms with Gasteiger partial charge in [-0.25, -0.2) is 0 Å². The number of benzene rings is 2. The maximum atomic E-state index is 9.08. The Morgan fingerprint density at radius 2 is 1.76 bits per heavy atom. The lowest BCUT2D eigenvalue weighted by atomic mass is 10.1. The van der Waals surface area contributed by atoms with Gasteiger partial charge in [0.25, 0.3) is 0 Å². The van der Waals surface area contributed by atoms with Gasteiger partial charge in [0.1, 0.15) is 5.75 Å². The van der Waals surface area contributed by atoms with Crippen molar-refractivity contribution in [1.29, 1.82) is 0 Å². The minimum absolute atomic E-state index is 0.0902. The zero-order valence-corrected chi connectivity index (χ0v) is 12.1. The molecule has 0 aliphatic carbocycles. The van der Waals surface area contributed by atoms with Crippen LogP contribution in [0.15, 0.2) is 54.7 Å². The van der Waals surface area contributed by atoms with Crippen LogP contribution in [0.3, 0.4) is 0 Å². The predicted octanol–water partition coefficient (Wildman–Crippen LogP) is 3.58. The van der Waals surface area contributed by atoms with Crippen molar-refractivity contribution in [2.45, 2.75) is 20.1 Å². The Labute approximate surface area is 124 Å². The van der Waals surface area contributed by atoms with Crippen molar-refractivity contribution in [3.05, 3.63) is 65.9 Å². The van der Waals surface area contributed by atoms with Crippen LogP contribution in [0.2, 0.25) is 0 Å². The molecule has 0 atom stereocenters. The average molecular weight is 281 g/mol. The van der Waals surface area contributed by atoms with E-state index in [4.69, 9.17) is 9.84 Å². The zero-order valence-electron chi connectivity index (χ0n) is 12.1. The fourth-order valence-corrected chi connectivity index (χ4v) is 2.52. The molecule has 0 aliphatic rings. The van der Waals surface area contributed by atoms with Crippen molar-refractivity contribution < 1.29 is 9.84 Å². The summed E-state index contributed by atoms with van der Waals surface area (Å²) in [5, 5.41) is 10.3. The second kappa shape index (κ2) is 6.02. The molecular formula is C18H19NO2. The molecule has 1 N–H and O–H groups in total. The summed E-state index contributed by atoms with van der Waals surface area (Å²) in [5.74, 6) is 0.912. The van der Waals surface area contributed by atoms with Crippen molar-refractivity contribution in [3.63, 3.8) is 0 Å². The van der Waals surface area contributed by atoms with Gasteiger partial charge in [-0.1, -0.05) is 24.3 Å². The van der Waals surface area contributed by atoms with Gasteiger partial charge >= 0.3 is 0 Å². The van der Waals surface area contributed by atoms with E-state index in [1.54, 1.807) is 0 Å². The van der Waals surface area contributed by atoms with Gasteiger partial charge in [0.15, 0.2) is 0 Å². The van der Waals surface area contributed by atoms with Crippen molar-refractivity contribution in [2.75, 3.05) is 6.61 Å². The van der Waals surface area contributed by atoms with E-state index in [2.05, 4.69) is 41.1 Å². The third kappa shape index (κ3) is 2.93. The van der Waals surface area contributed by atoms with Gasteiger partial charge in [-0.05, 0) is 42.3 Å². The molecule has 0 spiro atoms. The first-order valence-electron chi connectivity index (χ1n) is 7.20. The maximum absolute atomic E-state index is 9.08. The van der Waals surface area contributed by atoms with E-state index >= 15 is 0 Å². The maximum Gasteiger partial charge on any atom is 0.120 e. The Morgan fingerprint density at radius 1 is 1.00 bits per heavy atom. The van der Waals surface area contributed by atoms with Crippen LogP contribution in [0.5, 0.6) is 5.75 Å². The van der Waals surface area contributed by atoms with Gasteiger partial charge in [0.2, 0.25) is 0 Å². The number of aromatic nitrogens is 1. The summed E-state index contributed by atoms with van der Waals surface area (Å²) in [6, 6.07) is 16.4. The first-order valence-corrected chi connectivity index (χ1v) is 7.20. The van der Waals surface area contributed by atoms with Gasteiger partial charge < -0.3 is 14.4 Å². The number of aliphatic hydroxyl groups excluding tert-OH is 1. The van der Waals surface area contributed by atoms with Crippen LogP contribution in [-0.2, 0) is 13.2 Å². The van der Waals surface area contributed by atoms with Crippen LogP contribution in [-0.4, -0.2) is 16.3 Å². The molecule has 108 valence electrons. The molecule has 0 saturated carbocycles. The molecule has 3 heteroatoms. The molecule has 1 heterocycles. The third-order valence-corrected chi connectivity index (χ3v) is 3.61. The normalized spacial score (nSPS) is 11.0. The fourth-order valence-electron chi connectivity index (χ4n) is 2.52. The summed E-state index contributed by atoms with van der Waals surface area (Å²) in [5.41, 5.74) is 3.36. The Morgan fingerprint density at radius 3 is 2.48 bits per heavy atom. The fraction of sp³-hybridized carbons (Fsp3) is 0.222. The van der Waals surface area contributed by atoms with Gasteiger partial charge in [-0.15, -0.1) is 0 Å². The lowest BCUT2D eigenvalue weighted by Crippen LogP contribution is -1.98. The SMILES string of the molecule is CCOc1ccc2c(ccn2Cc2ccc(CO)cc2)c1. The molecule has 2 aromatic carbocycles. The summed E-state index contributed by atoms with van der Waals surface area (Å²) >= 11 is 0. The number of fused-ring (bicyclic) bond motifs is 1. The highest BCUT2D eigenvalue weighted by Crippen LogP contribution is 2.23. The quantitative estimate of drug-likeness (QED) is 0.775. The molecule has 3 aromatic rings. The number of hydrogen-bond donors (Lipinski definition) is 1. The molecule has 21 heavy (non-hydrogen) atoms. The predicted molar refractivity (Wildman–Crippen MR) is 84.6 cm³/mol. The van der Waals surface area contributed by atoms with Crippen LogP contribution in [0, 0.1) is 0 Å². The first-order chi connectivity index (χ1) is 10.3. The Kier molecular flexibility index (Phi) is 3.93. The molecule has 3 rings (SSSR count). The summed E-state index contributed by atoms with van der Waals surface area (Å²) in [7, 11) is 0. The van der Waals surface area contributed by atoms with Crippen molar-refractivity contribution in [1.82, 2.24) is 4.57 Å². The number of hydrogen-bond acceptors (Lipinski definition) is 2. The Bertz CT molecular complexity index is 729. The van der Waals surface area contributed by atoms with E-state index in [-0.39, 0.29) is 6.61 Å². The number of ether oxygens (including phenoxy) is 1. The van der Waals surface area contributed by atoms with Gasteiger partial charge in [0, 0.05) is 23.6 Å². The van der Waals surface area contributed by atoms with Crippen molar-refractivity contribution in [2.24, 2.45) is 0 Å². The molecule has 1 aromatic heterocycles. The first kappa shape index (κ1) is 13.7. The average Bonchev–Trinajstić information content (AvgIpc) is 2.91. The summed E-state index contributed by atoms with van der Waals surface area (Å²) in [4.78, 5) is 0. The molecule has 0 saturated heterocycles. The summed E-state index contributed by atoms with van der Waals surface area (Å²) in [6.45, 7) is 3.59. The van der Waals surface area contributed by atoms with Crippen LogP contribution in [0.4, 0.5) is 0 Å². The van der Waals surface area contributed by atoms with Gasteiger partial charge in [0.05, 0.1) is 13.2 Å². The molecular weight excluding hydrogens is 262 g/mol. The zero-order chi connectivity index (χ0) is 14.7. The topological polar surface area (TPSA) is 34.4 Å². The number of nitrogens with zero attached hydrogens (tertiary/aromatic N) is 1. The van der Waals surface area contributed by atoms with Crippen LogP contribution < -0.4 is 4.74 Å². The molecule has 3 nitrogen and oxygen atoms in total. The van der Waals surface area contributed by atoms with E-state index in [0.717, 1.165) is 17.9 Å². The van der Waals surface area contributed by atoms with Crippen LogP contribution in [0.1, 0.15) is 18.1 Å². The lowest BCUT2D eigenvalue weighted by Gasteiger charge is -2.08. The number of aliphatic hydroxyl groups is 1. The Balaban J connectivity index is 1.86. The minimum atomic E-state index is 0.0902. The van der Waals surface area contributed by atoms with Crippen LogP contribution >= 0.6 is 0 Å². The van der Waals surface area contributed by atoms with E-state index in [1.165, 1.54) is 16.5 Å². The smallest absolute Gasteiger partial charge is 0.120 e. The highest BCUT2D eigenvalue weighted by atomic mass is 16.5. The standard InChI is InChI=1S/C18H19NO2/c1-2-21-17-7-8-18-16(11-17)9-10-19(18)12-14-3-5-15(13-20)6-4-14/h3-11,20H,2,12-13H2,1H3. The van der Waals surface area contributed by atoms with E-state index in [9.17, 15) is 0 Å². The second-order valence-corrected chi connectivity index (χ2v) is 5.07. The Hall–Kier alpha value is -2.26. The molecule has 0 unspecified atom stereocenters. The summed E-state index contributed by atoms with van der Waals surface area (Å²) < 4.78 is 7.76. The minimum Gasteiger partial charge on any atom is -0.494 e. The second-order valence-electron chi connectivity index (χ2n) is 5.07. The van der Waals surface area contributed by atoms with E-state index in [0.29, 0.717) is 6.61 Å². The van der Waals surface area contributed by atoms with E-state index in [1.807, 2.05) is 25.1 Å². The summed E-state index contributed by atoms with van der Waals surface area (Å²) in [6.07, 6.45) is 2.10. The molecule has 0 bridgehead atoms. The molecule has 0 aliphatic heterocycles. The van der Waals surface area contributed by atoms with Gasteiger partial charge in [-0.2, -0.15) is 0 Å². The van der Waals surface area contributed by atoms with Gasteiger partial charge in [-0.3, -0.25) is 0 Å². The molecule has 0 fully saturated rings.